The molecule has 0 bridgehead atoms. The maximum atomic E-state index is 11.2. The minimum atomic E-state index is 0.236. The highest BCUT2D eigenvalue weighted by molar-refractivity contribution is 5.81. The molecule has 2 nitrogen and oxygen atoms in total. The second-order valence-electron chi connectivity index (χ2n) is 4.29. The Balaban J connectivity index is 2.10. The maximum Gasteiger partial charge on any atom is 0.146 e. The lowest BCUT2D eigenvalue weighted by molar-refractivity contribution is -0.121. The lowest BCUT2D eigenvalue weighted by Gasteiger charge is -2.22. The van der Waals surface area contributed by atoms with Crippen molar-refractivity contribution >= 4 is 5.78 Å². The van der Waals surface area contributed by atoms with Crippen molar-refractivity contribution in [2.75, 3.05) is 7.05 Å². The molecule has 0 spiro atoms. The molecule has 3 atom stereocenters. The van der Waals surface area contributed by atoms with Crippen LogP contribution in [0.25, 0.3) is 0 Å². The van der Waals surface area contributed by atoms with Crippen LogP contribution in [-0.4, -0.2) is 29.8 Å². The standard InChI is InChI=1S/C10H17NO/c1-7(12)10-6-8-4-3-5-9(8)11(10)2/h8-10H,3-6H2,1-2H3/t8-,9-,10-/m0/s1. The Morgan fingerprint density at radius 2 is 2.17 bits per heavy atom. The van der Waals surface area contributed by atoms with Crippen LogP contribution in [0, 0.1) is 5.92 Å². The van der Waals surface area contributed by atoms with Crippen molar-refractivity contribution in [3.05, 3.63) is 0 Å². The van der Waals surface area contributed by atoms with Gasteiger partial charge in [0.25, 0.3) is 0 Å². The third kappa shape index (κ3) is 1.09. The van der Waals surface area contributed by atoms with Crippen LogP contribution in [0.5, 0.6) is 0 Å². The first-order valence-corrected chi connectivity index (χ1v) is 4.92. The molecule has 0 aromatic rings. The number of hydrogen-bond acceptors (Lipinski definition) is 2. The number of Topliss-reactive ketones (excluding diaryl/α,β-unsaturated/α-hetero) is 1. The van der Waals surface area contributed by atoms with E-state index in [0.717, 1.165) is 18.4 Å². The van der Waals surface area contributed by atoms with E-state index in [9.17, 15) is 4.79 Å². The van der Waals surface area contributed by atoms with E-state index in [1.807, 2.05) is 0 Å². The van der Waals surface area contributed by atoms with Gasteiger partial charge in [-0.05, 0) is 39.2 Å². The van der Waals surface area contributed by atoms with Gasteiger partial charge in [0.2, 0.25) is 0 Å². The largest absolute Gasteiger partial charge is 0.298 e. The summed E-state index contributed by atoms with van der Waals surface area (Å²) in [6, 6.07) is 0.958. The number of ketones is 1. The average Bonchev–Trinajstić information content (AvgIpc) is 2.53. The van der Waals surface area contributed by atoms with Crippen molar-refractivity contribution < 1.29 is 4.79 Å². The van der Waals surface area contributed by atoms with Gasteiger partial charge in [-0.15, -0.1) is 0 Å². The fraction of sp³-hybridized carbons (Fsp3) is 0.900. The van der Waals surface area contributed by atoms with Gasteiger partial charge in [0.05, 0.1) is 6.04 Å². The number of fused-ring (bicyclic) bond motifs is 1. The van der Waals surface area contributed by atoms with E-state index in [1.54, 1.807) is 6.92 Å². The van der Waals surface area contributed by atoms with E-state index in [2.05, 4.69) is 11.9 Å². The number of nitrogens with zero attached hydrogens (tertiary/aromatic N) is 1. The first-order chi connectivity index (χ1) is 5.70. The number of hydrogen-bond donors (Lipinski definition) is 0. The third-order valence-electron chi connectivity index (χ3n) is 3.63. The van der Waals surface area contributed by atoms with Gasteiger partial charge in [0.1, 0.15) is 5.78 Å². The third-order valence-corrected chi connectivity index (χ3v) is 3.63. The molecule has 0 aromatic carbocycles. The molecule has 2 aliphatic rings. The summed E-state index contributed by atoms with van der Waals surface area (Å²) in [5.74, 6) is 1.18. The normalized spacial score (nSPS) is 41.7. The Bertz CT molecular complexity index is 202. The van der Waals surface area contributed by atoms with Crippen molar-refractivity contribution in [1.82, 2.24) is 4.90 Å². The van der Waals surface area contributed by atoms with Crippen LogP contribution in [0.3, 0.4) is 0 Å². The molecule has 0 aromatic heterocycles. The van der Waals surface area contributed by atoms with E-state index in [4.69, 9.17) is 0 Å². The highest BCUT2D eigenvalue weighted by Gasteiger charge is 2.42. The molecule has 0 N–H and O–H groups in total. The monoisotopic (exact) mass is 167 g/mol. The van der Waals surface area contributed by atoms with Gasteiger partial charge >= 0.3 is 0 Å². The Labute approximate surface area is 73.9 Å². The zero-order valence-corrected chi connectivity index (χ0v) is 7.92. The molecule has 2 heteroatoms. The zero-order valence-electron chi connectivity index (χ0n) is 7.92. The van der Waals surface area contributed by atoms with E-state index >= 15 is 0 Å². The van der Waals surface area contributed by atoms with Crippen LogP contribution < -0.4 is 0 Å². The predicted octanol–water partition coefficient (Wildman–Crippen LogP) is 1.45. The van der Waals surface area contributed by atoms with E-state index in [0.29, 0.717) is 5.78 Å². The topological polar surface area (TPSA) is 20.3 Å². The van der Waals surface area contributed by atoms with Crippen LogP contribution in [0.15, 0.2) is 0 Å². The highest BCUT2D eigenvalue weighted by atomic mass is 16.1. The molecule has 1 aliphatic carbocycles. The molecule has 12 heavy (non-hydrogen) atoms. The smallest absolute Gasteiger partial charge is 0.146 e. The minimum Gasteiger partial charge on any atom is -0.298 e. The molecule has 1 saturated carbocycles. The Morgan fingerprint density at radius 3 is 2.75 bits per heavy atom. The quantitative estimate of drug-likeness (QED) is 0.589. The molecule has 0 unspecified atom stereocenters. The second-order valence-corrected chi connectivity index (χ2v) is 4.29. The molecule has 1 aliphatic heterocycles. The molecule has 68 valence electrons. The summed E-state index contributed by atoms with van der Waals surface area (Å²) >= 11 is 0. The lowest BCUT2D eigenvalue weighted by atomic mass is 10.0. The van der Waals surface area contributed by atoms with Crippen LogP contribution in [-0.2, 0) is 4.79 Å². The summed E-state index contributed by atoms with van der Waals surface area (Å²) in [7, 11) is 2.11. The average molecular weight is 167 g/mol. The van der Waals surface area contributed by atoms with Crippen LogP contribution in [0.2, 0.25) is 0 Å². The van der Waals surface area contributed by atoms with Crippen LogP contribution >= 0.6 is 0 Å². The van der Waals surface area contributed by atoms with Crippen molar-refractivity contribution in [3.63, 3.8) is 0 Å². The lowest BCUT2D eigenvalue weighted by Crippen LogP contribution is -2.36. The first-order valence-electron chi connectivity index (χ1n) is 4.92. The highest BCUT2D eigenvalue weighted by Crippen LogP contribution is 2.40. The van der Waals surface area contributed by atoms with E-state index in [1.165, 1.54) is 19.3 Å². The Hall–Kier alpha value is -0.370. The van der Waals surface area contributed by atoms with Gasteiger partial charge in [-0.2, -0.15) is 0 Å². The number of likely N-dealkylation sites (N-methyl/N-ethyl adjacent to an activating group) is 1. The van der Waals surface area contributed by atoms with Crippen molar-refractivity contribution in [2.24, 2.45) is 5.92 Å². The fourth-order valence-electron chi connectivity index (χ4n) is 2.97. The van der Waals surface area contributed by atoms with Gasteiger partial charge in [0.15, 0.2) is 0 Å². The molecule has 1 heterocycles. The van der Waals surface area contributed by atoms with E-state index in [-0.39, 0.29) is 6.04 Å². The minimum absolute atomic E-state index is 0.236. The van der Waals surface area contributed by atoms with Gasteiger partial charge < -0.3 is 0 Å². The number of carbonyl (C=O) groups is 1. The summed E-state index contributed by atoms with van der Waals surface area (Å²) < 4.78 is 0. The molecule has 2 fully saturated rings. The van der Waals surface area contributed by atoms with Crippen molar-refractivity contribution in [2.45, 2.75) is 44.7 Å². The molecule has 0 radical (unpaired) electrons. The summed E-state index contributed by atoms with van der Waals surface area (Å²) in [4.78, 5) is 13.6. The molecule has 1 saturated heterocycles. The summed E-state index contributed by atoms with van der Waals surface area (Å²) in [5, 5.41) is 0. The predicted molar refractivity (Wildman–Crippen MR) is 48.0 cm³/mol. The zero-order chi connectivity index (χ0) is 8.72. The summed E-state index contributed by atoms with van der Waals surface area (Å²) in [6.07, 6.45) is 5.14. The molecule has 2 rings (SSSR count). The van der Waals surface area contributed by atoms with Gasteiger partial charge in [-0.3, -0.25) is 9.69 Å². The van der Waals surface area contributed by atoms with E-state index < -0.39 is 0 Å². The fourth-order valence-corrected chi connectivity index (χ4v) is 2.97. The summed E-state index contributed by atoms with van der Waals surface area (Å²) in [6.45, 7) is 1.72. The van der Waals surface area contributed by atoms with Crippen LogP contribution in [0.1, 0.15) is 32.6 Å². The number of likely N-dealkylation sites (tertiary alicyclic amines) is 1. The molecular weight excluding hydrogens is 150 g/mol. The van der Waals surface area contributed by atoms with Crippen molar-refractivity contribution in [1.29, 1.82) is 0 Å². The first kappa shape index (κ1) is 8.24. The molecular formula is C10H17NO. The van der Waals surface area contributed by atoms with Gasteiger partial charge in [-0.1, -0.05) is 6.42 Å². The summed E-state index contributed by atoms with van der Waals surface area (Å²) in [5.41, 5.74) is 0. The maximum absolute atomic E-state index is 11.2. The second kappa shape index (κ2) is 2.84. The van der Waals surface area contributed by atoms with Gasteiger partial charge in [-0.25, -0.2) is 0 Å². The SMILES string of the molecule is CC(=O)[C@@H]1C[C@@H]2CCC[C@@H]2N1C. The number of rotatable bonds is 1. The molecule has 0 amide bonds. The van der Waals surface area contributed by atoms with Crippen LogP contribution in [0.4, 0.5) is 0 Å². The Morgan fingerprint density at radius 1 is 1.42 bits per heavy atom. The number of carbonyl (C=O) groups excluding carboxylic acids is 1. The van der Waals surface area contributed by atoms with Gasteiger partial charge in [0, 0.05) is 6.04 Å². The Kier molecular flexibility index (Phi) is 1.95. The van der Waals surface area contributed by atoms with Crippen molar-refractivity contribution in [3.8, 4) is 0 Å².